The predicted octanol–water partition coefficient (Wildman–Crippen LogP) is 5.56. The van der Waals surface area contributed by atoms with E-state index in [0.717, 1.165) is 33.1 Å². The zero-order valence-electron chi connectivity index (χ0n) is 11.4. The summed E-state index contributed by atoms with van der Waals surface area (Å²) >= 11 is 6.41. The first-order chi connectivity index (χ1) is 10.3. The van der Waals surface area contributed by atoms with E-state index in [4.69, 9.17) is 21.3 Å². The Kier molecular flexibility index (Phi) is 3.04. The molecule has 1 aliphatic rings. The predicted molar refractivity (Wildman–Crippen MR) is 85.2 cm³/mol. The lowest BCUT2D eigenvalue weighted by molar-refractivity contribution is 0.487. The fourth-order valence-corrected chi connectivity index (χ4v) is 2.75. The molecule has 0 spiro atoms. The highest BCUT2D eigenvalue weighted by atomic mass is 35.5. The quantitative estimate of drug-likeness (QED) is 0.631. The van der Waals surface area contributed by atoms with E-state index in [0.29, 0.717) is 5.92 Å². The monoisotopic (exact) mass is 295 g/mol. The number of fused-ring (bicyclic) bond motifs is 1. The first kappa shape index (κ1) is 12.7. The van der Waals surface area contributed by atoms with E-state index < -0.39 is 0 Å². The Bertz CT molecular complexity index is 797. The van der Waals surface area contributed by atoms with Crippen LogP contribution in [0.25, 0.3) is 10.9 Å². The summed E-state index contributed by atoms with van der Waals surface area (Å²) in [6, 6.07) is 17.6. The van der Waals surface area contributed by atoms with Crippen LogP contribution in [0, 0.1) is 0 Å². The number of hydrogen-bond acceptors (Lipinski definition) is 2. The first-order valence-corrected chi connectivity index (χ1v) is 7.51. The number of hydrogen-bond donors (Lipinski definition) is 0. The third-order valence-corrected chi connectivity index (χ3v) is 4.05. The number of pyridine rings is 1. The van der Waals surface area contributed by atoms with Crippen molar-refractivity contribution in [3.05, 3.63) is 65.3 Å². The van der Waals surface area contributed by atoms with Gasteiger partial charge in [0.2, 0.25) is 0 Å². The Morgan fingerprint density at radius 1 is 1.00 bits per heavy atom. The van der Waals surface area contributed by atoms with Gasteiger partial charge in [-0.15, -0.1) is 0 Å². The maximum absolute atomic E-state index is 6.41. The van der Waals surface area contributed by atoms with Gasteiger partial charge in [-0.1, -0.05) is 41.9 Å². The summed E-state index contributed by atoms with van der Waals surface area (Å²) in [6.07, 6.45) is 2.41. The Balaban J connectivity index is 1.84. The average Bonchev–Trinajstić information content (AvgIpc) is 3.34. The molecule has 0 N–H and O–H groups in total. The van der Waals surface area contributed by atoms with Gasteiger partial charge in [0.25, 0.3) is 0 Å². The lowest BCUT2D eigenvalue weighted by atomic mass is 10.1. The van der Waals surface area contributed by atoms with Crippen LogP contribution in [0.1, 0.15) is 24.5 Å². The maximum atomic E-state index is 6.41. The number of aromatic nitrogens is 1. The molecule has 1 fully saturated rings. The molecule has 0 amide bonds. The van der Waals surface area contributed by atoms with Crippen molar-refractivity contribution in [2.75, 3.05) is 0 Å². The van der Waals surface area contributed by atoms with Crippen molar-refractivity contribution in [1.82, 2.24) is 4.98 Å². The molecule has 4 rings (SSSR count). The van der Waals surface area contributed by atoms with Crippen LogP contribution in [0.2, 0.25) is 5.02 Å². The second kappa shape index (κ2) is 5.05. The van der Waals surface area contributed by atoms with Gasteiger partial charge in [0.1, 0.15) is 11.3 Å². The van der Waals surface area contributed by atoms with Crippen molar-refractivity contribution in [1.29, 1.82) is 0 Å². The van der Waals surface area contributed by atoms with E-state index in [-0.39, 0.29) is 0 Å². The summed E-state index contributed by atoms with van der Waals surface area (Å²) < 4.78 is 5.98. The maximum Gasteiger partial charge on any atom is 0.153 e. The smallest absolute Gasteiger partial charge is 0.153 e. The van der Waals surface area contributed by atoms with E-state index in [1.54, 1.807) is 0 Å². The molecule has 2 nitrogen and oxygen atoms in total. The van der Waals surface area contributed by atoms with Gasteiger partial charge >= 0.3 is 0 Å². The molecular formula is C18H14ClNO. The Hall–Kier alpha value is -2.06. The standard InChI is InChI=1S/C18H14ClNO/c19-15-11-16(12-9-10-12)20-18-14(15)7-4-8-17(18)21-13-5-2-1-3-6-13/h1-8,11-12H,9-10H2. The van der Waals surface area contributed by atoms with Crippen molar-refractivity contribution in [2.24, 2.45) is 0 Å². The average molecular weight is 296 g/mol. The Morgan fingerprint density at radius 3 is 2.57 bits per heavy atom. The van der Waals surface area contributed by atoms with E-state index >= 15 is 0 Å². The summed E-state index contributed by atoms with van der Waals surface area (Å²) in [5.74, 6) is 2.12. The van der Waals surface area contributed by atoms with Crippen LogP contribution in [0.3, 0.4) is 0 Å². The molecule has 1 aliphatic carbocycles. The number of halogens is 1. The summed E-state index contributed by atoms with van der Waals surface area (Å²) in [4.78, 5) is 4.78. The van der Waals surface area contributed by atoms with Crippen LogP contribution in [0.4, 0.5) is 0 Å². The first-order valence-electron chi connectivity index (χ1n) is 7.13. The number of rotatable bonds is 3. The molecule has 0 atom stereocenters. The number of para-hydroxylation sites is 2. The largest absolute Gasteiger partial charge is 0.455 e. The van der Waals surface area contributed by atoms with Gasteiger partial charge < -0.3 is 4.74 Å². The van der Waals surface area contributed by atoms with Crippen LogP contribution in [0.15, 0.2) is 54.6 Å². The fourth-order valence-electron chi connectivity index (χ4n) is 2.49. The summed E-state index contributed by atoms with van der Waals surface area (Å²) in [5, 5.41) is 1.69. The van der Waals surface area contributed by atoms with E-state index in [1.807, 2.05) is 54.6 Å². The number of nitrogens with zero attached hydrogens (tertiary/aromatic N) is 1. The molecule has 3 aromatic rings. The molecule has 0 bridgehead atoms. The van der Waals surface area contributed by atoms with Crippen molar-refractivity contribution in [3.63, 3.8) is 0 Å². The van der Waals surface area contributed by atoms with Crippen molar-refractivity contribution in [2.45, 2.75) is 18.8 Å². The molecule has 1 heterocycles. The topological polar surface area (TPSA) is 22.1 Å². The van der Waals surface area contributed by atoms with E-state index in [2.05, 4.69) is 0 Å². The zero-order chi connectivity index (χ0) is 14.2. The van der Waals surface area contributed by atoms with Gasteiger partial charge in [-0.3, -0.25) is 0 Å². The van der Waals surface area contributed by atoms with Crippen LogP contribution >= 0.6 is 11.6 Å². The minimum absolute atomic E-state index is 0.566. The molecule has 104 valence electrons. The molecule has 1 aromatic heterocycles. The summed E-state index contributed by atoms with van der Waals surface area (Å²) in [5.41, 5.74) is 1.92. The van der Waals surface area contributed by atoms with Gasteiger partial charge in [-0.05, 0) is 37.1 Å². The third-order valence-electron chi connectivity index (χ3n) is 3.74. The molecule has 0 unspecified atom stereocenters. The zero-order valence-corrected chi connectivity index (χ0v) is 12.2. The molecule has 0 aliphatic heterocycles. The van der Waals surface area contributed by atoms with Gasteiger partial charge in [-0.25, -0.2) is 4.98 Å². The van der Waals surface area contributed by atoms with Crippen LogP contribution in [-0.2, 0) is 0 Å². The Labute approximate surface area is 128 Å². The lowest BCUT2D eigenvalue weighted by Crippen LogP contribution is -1.92. The van der Waals surface area contributed by atoms with Crippen LogP contribution in [-0.4, -0.2) is 4.98 Å². The minimum Gasteiger partial charge on any atom is -0.455 e. The van der Waals surface area contributed by atoms with Gasteiger partial charge in [-0.2, -0.15) is 0 Å². The van der Waals surface area contributed by atoms with E-state index in [9.17, 15) is 0 Å². The highest BCUT2D eigenvalue weighted by molar-refractivity contribution is 6.35. The normalized spacial score (nSPS) is 14.3. The molecular weight excluding hydrogens is 282 g/mol. The van der Waals surface area contributed by atoms with E-state index in [1.165, 1.54) is 12.8 Å². The van der Waals surface area contributed by atoms with Crippen molar-refractivity contribution in [3.8, 4) is 11.5 Å². The third kappa shape index (κ3) is 2.47. The minimum atomic E-state index is 0.566. The van der Waals surface area contributed by atoms with Crippen molar-refractivity contribution < 1.29 is 4.74 Å². The fraction of sp³-hybridized carbons (Fsp3) is 0.167. The second-order valence-electron chi connectivity index (χ2n) is 5.37. The molecule has 1 saturated carbocycles. The summed E-state index contributed by atoms with van der Waals surface area (Å²) in [6.45, 7) is 0. The lowest BCUT2D eigenvalue weighted by Gasteiger charge is -2.10. The van der Waals surface area contributed by atoms with Gasteiger partial charge in [0.05, 0.1) is 5.02 Å². The molecule has 0 radical (unpaired) electrons. The van der Waals surface area contributed by atoms with Gasteiger partial charge in [0.15, 0.2) is 5.75 Å². The number of ether oxygens (including phenoxy) is 1. The van der Waals surface area contributed by atoms with Crippen LogP contribution < -0.4 is 4.74 Å². The second-order valence-corrected chi connectivity index (χ2v) is 5.78. The molecule has 21 heavy (non-hydrogen) atoms. The van der Waals surface area contributed by atoms with Crippen molar-refractivity contribution >= 4 is 22.5 Å². The molecule has 0 saturated heterocycles. The Morgan fingerprint density at radius 2 is 1.81 bits per heavy atom. The molecule has 2 aromatic carbocycles. The van der Waals surface area contributed by atoms with Crippen LogP contribution in [0.5, 0.6) is 11.5 Å². The highest BCUT2D eigenvalue weighted by Crippen LogP contribution is 2.42. The SMILES string of the molecule is Clc1cc(C2CC2)nc2c(Oc3ccccc3)cccc12. The number of benzene rings is 2. The van der Waals surface area contributed by atoms with Gasteiger partial charge in [0, 0.05) is 17.0 Å². The summed E-state index contributed by atoms with van der Waals surface area (Å²) in [7, 11) is 0. The molecule has 3 heteroatoms. The highest BCUT2D eigenvalue weighted by Gasteiger charge is 2.26.